The lowest BCUT2D eigenvalue weighted by atomic mass is 10.2. The number of hydrogen-bond acceptors (Lipinski definition) is 3. The van der Waals surface area contributed by atoms with Gasteiger partial charge in [-0.25, -0.2) is 14.4 Å². The normalized spacial score (nSPS) is 12.9. The first-order chi connectivity index (χ1) is 9.56. The fourth-order valence-corrected chi connectivity index (χ4v) is 2.51. The van der Waals surface area contributed by atoms with E-state index in [1.165, 1.54) is 12.1 Å². The second-order valence-corrected chi connectivity index (χ2v) is 5.11. The zero-order valence-corrected chi connectivity index (χ0v) is 11.5. The van der Waals surface area contributed by atoms with Gasteiger partial charge in [0, 0.05) is 25.0 Å². The monoisotopic (exact) mass is 293 g/mol. The van der Waals surface area contributed by atoms with E-state index in [0.29, 0.717) is 23.5 Å². The maximum atomic E-state index is 13.6. The molecule has 0 saturated heterocycles. The lowest BCUT2D eigenvalue weighted by Crippen LogP contribution is -2.14. The highest BCUT2D eigenvalue weighted by Crippen LogP contribution is 2.27. The molecule has 1 unspecified atom stereocenters. The number of fused-ring (bicyclic) bond motifs is 1. The Morgan fingerprint density at radius 1 is 1.45 bits per heavy atom. The Labute approximate surface area is 119 Å². The number of imidazole rings is 2. The number of aromatic nitrogens is 4. The summed E-state index contributed by atoms with van der Waals surface area (Å²) < 4.78 is 17.4. The van der Waals surface area contributed by atoms with Crippen molar-refractivity contribution in [1.82, 2.24) is 19.1 Å². The summed E-state index contributed by atoms with van der Waals surface area (Å²) in [6, 6.07) is 2.86. The number of nitrogen functional groups attached to an aromatic ring is 1. The van der Waals surface area contributed by atoms with E-state index < -0.39 is 5.82 Å². The average Bonchev–Trinajstić information content (AvgIpc) is 2.97. The van der Waals surface area contributed by atoms with Gasteiger partial charge in [-0.2, -0.15) is 0 Å². The van der Waals surface area contributed by atoms with Gasteiger partial charge in [0.05, 0.1) is 28.4 Å². The second kappa shape index (κ2) is 4.79. The summed E-state index contributed by atoms with van der Waals surface area (Å²) in [5.74, 6) is -0.135. The number of anilines is 1. The van der Waals surface area contributed by atoms with Crippen LogP contribution in [0, 0.1) is 5.82 Å². The van der Waals surface area contributed by atoms with Gasteiger partial charge in [0.25, 0.3) is 0 Å². The Morgan fingerprint density at radius 2 is 2.25 bits per heavy atom. The number of nitrogens with zero attached hydrogens (tertiary/aromatic N) is 4. The summed E-state index contributed by atoms with van der Waals surface area (Å²) in [5.41, 5.74) is 7.17. The second-order valence-electron chi connectivity index (χ2n) is 4.70. The summed E-state index contributed by atoms with van der Waals surface area (Å²) >= 11 is 5.77. The largest absolute Gasteiger partial charge is 0.369 e. The SMILES string of the molecule is CC(Cn1ccnc1)n1c(N)nc2cc(Cl)c(F)cc21. The van der Waals surface area contributed by atoms with Crippen molar-refractivity contribution in [3.8, 4) is 0 Å². The van der Waals surface area contributed by atoms with Crippen LogP contribution in [0.1, 0.15) is 13.0 Å². The third kappa shape index (κ3) is 2.12. The molecule has 2 aromatic heterocycles. The molecule has 0 radical (unpaired) electrons. The molecule has 20 heavy (non-hydrogen) atoms. The molecule has 0 aliphatic rings. The molecule has 104 valence electrons. The first kappa shape index (κ1) is 12.9. The molecule has 0 aliphatic carbocycles. The highest BCUT2D eigenvalue weighted by Gasteiger charge is 2.16. The highest BCUT2D eigenvalue weighted by atomic mass is 35.5. The molecule has 2 heterocycles. The van der Waals surface area contributed by atoms with Crippen LogP contribution >= 0.6 is 11.6 Å². The maximum Gasteiger partial charge on any atom is 0.201 e. The Balaban J connectivity index is 2.06. The molecular weight excluding hydrogens is 281 g/mol. The van der Waals surface area contributed by atoms with Crippen molar-refractivity contribution in [2.75, 3.05) is 5.73 Å². The zero-order valence-electron chi connectivity index (χ0n) is 10.8. The van der Waals surface area contributed by atoms with E-state index in [1.54, 1.807) is 17.1 Å². The summed E-state index contributed by atoms with van der Waals surface area (Å²) in [6.45, 7) is 2.66. The third-order valence-electron chi connectivity index (χ3n) is 3.23. The van der Waals surface area contributed by atoms with E-state index in [4.69, 9.17) is 17.3 Å². The van der Waals surface area contributed by atoms with Gasteiger partial charge in [-0.3, -0.25) is 0 Å². The van der Waals surface area contributed by atoms with Crippen LogP contribution in [0.15, 0.2) is 30.9 Å². The topological polar surface area (TPSA) is 61.7 Å². The zero-order chi connectivity index (χ0) is 14.3. The van der Waals surface area contributed by atoms with Crippen molar-refractivity contribution in [1.29, 1.82) is 0 Å². The fraction of sp³-hybridized carbons (Fsp3) is 0.231. The minimum Gasteiger partial charge on any atom is -0.369 e. The molecule has 3 rings (SSSR count). The van der Waals surface area contributed by atoms with Gasteiger partial charge in [0.1, 0.15) is 5.82 Å². The van der Waals surface area contributed by atoms with Crippen molar-refractivity contribution in [2.45, 2.75) is 19.5 Å². The minimum absolute atomic E-state index is 0.00905. The Bertz CT molecular complexity index is 750. The van der Waals surface area contributed by atoms with Crippen LogP contribution < -0.4 is 5.73 Å². The van der Waals surface area contributed by atoms with Gasteiger partial charge in [-0.15, -0.1) is 0 Å². The van der Waals surface area contributed by atoms with Crippen LogP contribution in [-0.2, 0) is 6.54 Å². The summed E-state index contributed by atoms with van der Waals surface area (Å²) in [5, 5.41) is 0.0458. The van der Waals surface area contributed by atoms with Gasteiger partial charge in [0.15, 0.2) is 0 Å². The summed E-state index contributed by atoms with van der Waals surface area (Å²) in [4.78, 5) is 8.23. The van der Waals surface area contributed by atoms with Gasteiger partial charge in [-0.1, -0.05) is 11.6 Å². The highest BCUT2D eigenvalue weighted by molar-refractivity contribution is 6.31. The molecule has 0 amide bonds. The Kier molecular flexibility index (Phi) is 3.10. The minimum atomic E-state index is -0.477. The molecule has 3 aromatic rings. The Hall–Kier alpha value is -2.08. The van der Waals surface area contributed by atoms with E-state index in [1.807, 2.05) is 17.7 Å². The molecule has 1 atom stereocenters. The smallest absolute Gasteiger partial charge is 0.201 e. The van der Waals surface area contributed by atoms with E-state index in [-0.39, 0.29) is 11.1 Å². The molecule has 0 aliphatic heterocycles. The lowest BCUT2D eigenvalue weighted by Gasteiger charge is -2.16. The van der Waals surface area contributed by atoms with Crippen LogP contribution in [0.5, 0.6) is 0 Å². The van der Waals surface area contributed by atoms with E-state index in [9.17, 15) is 4.39 Å². The van der Waals surface area contributed by atoms with Crippen LogP contribution in [0.25, 0.3) is 11.0 Å². The van der Waals surface area contributed by atoms with Crippen molar-refractivity contribution >= 4 is 28.6 Å². The molecule has 0 saturated carbocycles. The van der Waals surface area contributed by atoms with E-state index in [0.717, 1.165) is 0 Å². The first-order valence-corrected chi connectivity index (χ1v) is 6.52. The van der Waals surface area contributed by atoms with Crippen molar-refractivity contribution in [3.05, 3.63) is 41.7 Å². The van der Waals surface area contributed by atoms with Crippen molar-refractivity contribution < 1.29 is 4.39 Å². The van der Waals surface area contributed by atoms with Gasteiger partial charge < -0.3 is 14.9 Å². The summed E-state index contributed by atoms with van der Waals surface area (Å²) in [6.07, 6.45) is 5.30. The van der Waals surface area contributed by atoms with Crippen LogP contribution in [0.4, 0.5) is 10.3 Å². The van der Waals surface area contributed by atoms with Crippen LogP contribution in [0.2, 0.25) is 5.02 Å². The predicted molar refractivity (Wildman–Crippen MR) is 76.1 cm³/mol. The molecule has 0 spiro atoms. The van der Waals surface area contributed by atoms with Gasteiger partial charge in [-0.05, 0) is 13.0 Å². The third-order valence-corrected chi connectivity index (χ3v) is 3.52. The van der Waals surface area contributed by atoms with Crippen molar-refractivity contribution in [2.24, 2.45) is 0 Å². The van der Waals surface area contributed by atoms with Crippen LogP contribution in [0.3, 0.4) is 0 Å². The molecule has 2 N–H and O–H groups in total. The predicted octanol–water partition coefficient (Wildman–Crippen LogP) is 2.87. The number of nitrogens with two attached hydrogens (primary N) is 1. The molecule has 7 heteroatoms. The maximum absolute atomic E-state index is 13.6. The average molecular weight is 294 g/mol. The molecule has 5 nitrogen and oxygen atoms in total. The molecule has 0 fully saturated rings. The fourth-order valence-electron chi connectivity index (χ4n) is 2.35. The number of hydrogen-bond donors (Lipinski definition) is 1. The Morgan fingerprint density at radius 3 is 2.95 bits per heavy atom. The van der Waals surface area contributed by atoms with E-state index in [2.05, 4.69) is 9.97 Å². The molecular formula is C13H13ClFN5. The standard InChI is InChI=1S/C13H13ClFN5/c1-8(6-19-3-2-17-7-19)20-12-5-10(15)9(14)4-11(12)18-13(20)16/h2-5,7-8H,6H2,1H3,(H2,16,18). The quantitative estimate of drug-likeness (QED) is 0.807. The number of halogens is 2. The summed E-state index contributed by atoms with van der Waals surface area (Å²) in [7, 11) is 0. The number of benzene rings is 1. The first-order valence-electron chi connectivity index (χ1n) is 6.14. The number of rotatable bonds is 3. The van der Waals surface area contributed by atoms with Gasteiger partial charge >= 0.3 is 0 Å². The van der Waals surface area contributed by atoms with Gasteiger partial charge in [0.2, 0.25) is 5.95 Å². The van der Waals surface area contributed by atoms with E-state index >= 15 is 0 Å². The molecule has 0 bridgehead atoms. The van der Waals surface area contributed by atoms with Crippen LogP contribution in [-0.4, -0.2) is 19.1 Å². The lowest BCUT2D eigenvalue weighted by molar-refractivity contribution is 0.478. The molecule has 1 aromatic carbocycles. The van der Waals surface area contributed by atoms with Crippen molar-refractivity contribution in [3.63, 3.8) is 0 Å².